The fourth-order valence-electron chi connectivity index (χ4n) is 2.22. The Morgan fingerprint density at radius 2 is 1.96 bits per heavy atom. The van der Waals surface area contributed by atoms with Crippen LogP contribution in [0.25, 0.3) is 0 Å². The van der Waals surface area contributed by atoms with E-state index >= 15 is 0 Å². The fourth-order valence-corrected chi connectivity index (χ4v) is 3.71. The van der Waals surface area contributed by atoms with Crippen molar-refractivity contribution in [1.29, 1.82) is 0 Å². The highest BCUT2D eigenvalue weighted by molar-refractivity contribution is 7.98. The molecule has 0 fully saturated rings. The molecule has 0 bridgehead atoms. The second-order valence-electron chi connectivity index (χ2n) is 4.96. The zero-order chi connectivity index (χ0) is 16.9. The first-order valence-corrected chi connectivity index (χ1v) is 9.31. The summed E-state index contributed by atoms with van der Waals surface area (Å²) in [5, 5.41) is 2.90. The monoisotopic (exact) mass is 357 g/mol. The van der Waals surface area contributed by atoms with Crippen LogP contribution in [0.3, 0.4) is 0 Å². The molecule has 0 aliphatic carbocycles. The summed E-state index contributed by atoms with van der Waals surface area (Å²) in [4.78, 5) is 27.0. The molecule has 0 saturated carbocycles. The molecular formula is C18H15NO3S2. The average molecular weight is 357 g/mol. The van der Waals surface area contributed by atoms with Gasteiger partial charge in [-0.05, 0) is 42.7 Å². The first kappa shape index (κ1) is 16.5. The Morgan fingerprint density at radius 1 is 1.12 bits per heavy atom. The van der Waals surface area contributed by atoms with E-state index in [0.717, 1.165) is 9.77 Å². The normalized spacial score (nSPS) is 10.5. The molecule has 0 unspecified atom stereocenters. The van der Waals surface area contributed by atoms with Gasteiger partial charge in [-0.2, -0.15) is 0 Å². The van der Waals surface area contributed by atoms with Crippen molar-refractivity contribution in [3.63, 3.8) is 0 Å². The quantitative estimate of drug-likeness (QED) is 0.530. The summed E-state index contributed by atoms with van der Waals surface area (Å²) in [7, 11) is 0. The van der Waals surface area contributed by atoms with Gasteiger partial charge in [-0.1, -0.05) is 12.1 Å². The zero-order valence-electron chi connectivity index (χ0n) is 12.9. The van der Waals surface area contributed by atoms with Crippen molar-refractivity contribution in [2.45, 2.75) is 11.4 Å². The predicted molar refractivity (Wildman–Crippen MR) is 95.9 cm³/mol. The molecule has 2 heterocycles. The lowest BCUT2D eigenvalue weighted by Gasteiger charge is -2.07. The van der Waals surface area contributed by atoms with Gasteiger partial charge in [0.15, 0.2) is 5.76 Å². The van der Waals surface area contributed by atoms with Crippen molar-refractivity contribution in [1.82, 2.24) is 5.32 Å². The first-order chi connectivity index (χ1) is 11.7. The Bertz CT molecular complexity index is 853. The van der Waals surface area contributed by atoms with E-state index in [2.05, 4.69) is 5.32 Å². The molecular weight excluding hydrogens is 342 g/mol. The molecule has 0 aliphatic rings. The standard InChI is InChI=1S/C18H15NO3S2/c1-23-15-7-3-2-5-13(15)18(21)19-11-12-8-9-16(24-12)17(20)14-6-4-10-22-14/h2-10H,11H2,1H3,(H,19,21). The molecule has 0 aliphatic heterocycles. The maximum Gasteiger partial charge on any atom is 0.252 e. The highest BCUT2D eigenvalue weighted by Gasteiger charge is 2.15. The Kier molecular flexibility index (Phi) is 5.17. The molecule has 3 aromatic rings. The second kappa shape index (κ2) is 7.51. The van der Waals surface area contributed by atoms with Gasteiger partial charge in [0.05, 0.1) is 23.2 Å². The molecule has 0 spiro atoms. The maximum absolute atomic E-state index is 12.3. The molecule has 0 radical (unpaired) electrons. The fraction of sp³-hybridized carbons (Fsp3) is 0.111. The number of benzene rings is 1. The molecule has 0 atom stereocenters. The number of ketones is 1. The number of thioether (sulfide) groups is 1. The largest absolute Gasteiger partial charge is 0.461 e. The molecule has 6 heteroatoms. The first-order valence-electron chi connectivity index (χ1n) is 7.27. The third-order valence-corrected chi connectivity index (χ3v) is 5.29. The van der Waals surface area contributed by atoms with Crippen LogP contribution in [0, 0.1) is 0 Å². The summed E-state index contributed by atoms with van der Waals surface area (Å²) < 4.78 is 5.13. The van der Waals surface area contributed by atoms with E-state index in [1.54, 1.807) is 24.3 Å². The number of thiophene rings is 1. The zero-order valence-corrected chi connectivity index (χ0v) is 14.6. The van der Waals surface area contributed by atoms with Crippen LogP contribution in [0.5, 0.6) is 0 Å². The summed E-state index contributed by atoms with van der Waals surface area (Å²) in [6.45, 7) is 0.387. The van der Waals surface area contributed by atoms with Gasteiger partial charge >= 0.3 is 0 Å². The number of furan rings is 1. The van der Waals surface area contributed by atoms with Gasteiger partial charge in [-0.25, -0.2) is 0 Å². The van der Waals surface area contributed by atoms with Crippen LogP contribution >= 0.6 is 23.1 Å². The van der Waals surface area contributed by atoms with E-state index < -0.39 is 0 Å². The highest BCUT2D eigenvalue weighted by Crippen LogP contribution is 2.22. The van der Waals surface area contributed by atoms with Gasteiger partial charge in [0.2, 0.25) is 5.78 Å². The molecule has 3 rings (SSSR count). The summed E-state index contributed by atoms with van der Waals surface area (Å²) in [6, 6.07) is 14.4. The number of rotatable bonds is 6. The van der Waals surface area contributed by atoms with Gasteiger partial charge in [0.25, 0.3) is 5.91 Å². The van der Waals surface area contributed by atoms with Gasteiger partial charge < -0.3 is 9.73 Å². The van der Waals surface area contributed by atoms with E-state index in [4.69, 9.17) is 4.42 Å². The van der Waals surface area contributed by atoms with Gasteiger partial charge in [-0.15, -0.1) is 23.1 Å². The minimum absolute atomic E-state index is 0.118. The average Bonchev–Trinajstić information content (AvgIpc) is 3.30. The lowest BCUT2D eigenvalue weighted by molar-refractivity contribution is 0.0947. The maximum atomic E-state index is 12.3. The third kappa shape index (κ3) is 3.60. The van der Waals surface area contributed by atoms with E-state index in [0.29, 0.717) is 22.7 Å². The molecule has 122 valence electrons. The van der Waals surface area contributed by atoms with E-state index in [1.807, 2.05) is 30.5 Å². The van der Waals surface area contributed by atoms with E-state index in [-0.39, 0.29) is 11.7 Å². The smallest absolute Gasteiger partial charge is 0.252 e. The highest BCUT2D eigenvalue weighted by atomic mass is 32.2. The van der Waals surface area contributed by atoms with Crippen LogP contribution in [0.1, 0.15) is 30.7 Å². The Morgan fingerprint density at radius 3 is 2.71 bits per heavy atom. The van der Waals surface area contributed by atoms with Crippen LogP contribution in [-0.2, 0) is 6.54 Å². The minimum Gasteiger partial charge on any atom is -0.461 e. The number of nitrogens with one attached hydrogen (secondary N) is 1. The predicted octanol–water partition coefficient (Wildman–Crippen LogP) is 4.22. The van der Waals surface area contributed by atoms with Gasteiger partial charge in [-0.3, -0.25) is 9.59 Å². The molecule has 1 aromatic carbocycles. The van der Waals surface area contributed by atoms with Crippen molar-refractivity contribution in [3.8, 4) is 0 Å². The van der Waals surface area contributed by atoms with Crippen LogP contribution in [0.2, 0.25) is 0 Å². The lowest BCUT2D eigenvalue weighted by Crippen LogP contribution is -2.22. The van der Waals surface area contributed by atoms with Crippen molar-refractivity contribution in [2.24, 2.45) is 0 Å². The van der Waals surface area contributed by atoms with Gasteiger partial charge in [0, 0.05) is 9.77 Å². The van der Waals surface area contributed by atoms with Crippen LogP contribution < -0.4 is 5.32 Å². The number of amides is 1. The van der Waals surface area contributed by atoms with Crippen molar-refractivity contribution >= 4 is 34.8 Å². The van der Waals surface area contributed by atoms with Gasteiger partial charge in [0.1, 0.15) is 0 Å². The topological polar surface area (TPSA) is 59.3 Å². The minimum atomic E-state index is -0.143. The van der Waals surface area contributed by atoms with Crippen LogP contribution in [-0.4, -0.2) is 17.9 Å². The van der Waals surface area contributed by atoms with Crippen LogP contribution in [0.15, 0.2) is 64.1 Å². The van der Waals surface area contributed by atoms with Crippen LogP contribution in [0.4, 0.5) is 0 Å². The number of carbonyl (C=O) groups excluding carboxylic acids is 2. The summed E-state index contributed by atoms with van der Waals surface area (Å²) >= 11 is 2.90. The molecule has 4 nitrogen and oxygen atoms in total. The Balaban J connectivity index is 1.65. The van der Waals surface area contributed by atoms with Crippen molar-refractivity contribution in [3.05, 3.63) is 75.9 Å². The SMILES string of the molecule is CSc1ccccc1C(=O)NCc1ccc(C(=O)c2ccco2)s1. The molecule has 0 saturated heterocycles. The van der Waals surface area contributed by atoms with Crippen molar-refractivity contribution < 1.29 is 14.0 Å². The summed E-state index contributed by atoms with van der Waals surface area (Å²) in [5.74, 6) is 0.0592. The van der Waals surface area contributed by atoms with E-state index in [9.17, 15) is 9.59 Å². The Hall–Kier alpha value is -2.31. The summed E-state index contributed by atoms with van der Waals surface area (Å²) in [5.41, 5.74) is 0.661. The molecule has 1 N–H and O–H groups in total. The summed E-state index contributed by atoms with van der Waals surface area (Å²) in [6.07, 6.45) is 3.42. The lowest BCUT2D eigenvalue weighted by atomic mass is 10.2. The third-order valence-electron chi connectivity index (χ3n) is 3.41. The van der Waals surface area contributed by atoms with E-state index in [1.165, 1.54) is 29.4 Å². The number of hydrogen-bond donors (Lipinski definition) is 1. The number of carbonyl (C=O) groups is 2. The molecule has 1 amide bonds. The second-order valence-corrected chi connectivity index (χ2v) is 6.97. The molecule has 24 heavy (non-hydrogen) atoms. The number of hydrogen-bond acceptors (Lipinski definition) is 5. The van der Waals surface area contributed by atoms with Crippen molar-refractivity contribution in [2.75, 3.05) is 6.26 Å². The molecule has 2 aromatic heterocycles. The Labute approximate surface area is 147 Å².